The van der Waals surface area contributed by atoms with Crippen molar-refractivity contribution in [3.63, 3.8) is 0 Å². The number of carbonyl (C=O) groups excluding carboxylic acids is 1. The van der Waals surface area contributed by atoms with E-state index >= 15 is 0 Å². The van der Waals surface area contributed by atoms with Crippen molar-refractivity contribution in [1.82, 2.24) is 0 Å². The van der Waals surface area contributed by atoms with Gasteiger partial charge < -0.3 is 0 Å². The van der Waals surface area contributed by atoms with Crippen molar-refractivity contribution in [2.24, 2.45) is 0 Å². The number of ketones is 1. The van der Waals surface area contributed by atoms with Gasteiger partial charge in [0.05, 0.1) is 4.88 Å². The van der Waals surface area contributed by atoms with Crippen LogP contribution in [0.3, 0.4) is 0 Å². The number of alkyl halides is 3. The molecule has 6 heteroatoms. The van der Waals surface area contributed by atoms with Crippen LogP contribution in [0.25, 0.3) is 0 Å². The molecule has 1 heterocycles. The van der Waals surface area contributed by atoms with Crippen molar-refractivity contribution >= 4 is 33.0 Å². The van der Waals surface area contributed by atoms with Gasteiger partial charge in [-0.25, -0.2) is 0 Å². The lowest BCUT2D eigenvalue weighted by atomic mass is 10.3. The number of thiophene rings is 1. The summed E-state index contributed by atoms with van der Waals surface area (Å²) in [5.74, 6) is -1.79. The normalized spacial score (nSPS) is 11.8. The van der Waals surface area contributed by atoms with Crippen molar-refractivity contribution in [3.8, 4) is 0 Å². The second-order valence-corrected chi connectivity index (χ2v) is 4.47. The first-order chi connectivity index (χ1) is 5.82. The molecule has 0 atom stereocenters. The first-order valence-electron chi connectivity index (χ1n) is 3.20. The minimum absolute atomic E-state index is 0.206. The van der Waals surface area contributed by atoms with E-state index in [1.165, 1.54) is 6.07 Å². The smallest absolute Gasteiger partial charge is 0.283 e. The first-order valence-corrected chi connectivity index (χ1v) is 4.81. The summed E-state index contributed by atoms with van der Waals surface area (Å²) >= 11 is 3.73. The number of halogens is 4. The van der Waals surface area contributed by atoms with Gasteiger partial charge in [-0.2, -0.15) is 13.2 Å². The molecule has 0 unspecified atom stereocenters. The number of hydrogen-bond acceptors (Lipinski definition) is 2. The van der Waals surface area contributed by atoms with Crippen molar-refractivity contribution < 1.29 is 18.0 Å². The first kappa shape index (κ1) is 10.7. The molecule has 0 aromatic carbocycles. The van der Waals surface area contributed by atoms with E-state index in [1.807, 2.05) is 0 Å². The molecule has 0 amide bonds. The molecular weight excluding hydrogens is 269 g/mol. The number of rotatable bonds is 1. The van der Waals surface area contributed by atoms with Gasteiger partial charge in [-0.1, -0.05) is 0 Å². The largest absolute Gasteiger partial charge is 0.455 e. The molecule has 1 aromatic rings. The molecule has 0 fully saturated rings. The Labute approximate surface area is 84.7 Å². The van der Waals surface area contributed by atoms with Gasteiger partial charge >= 0.3 is 6.18 Å². The highest BCUT2D eigenvalue weighted by Gasteiger charge is 2.41. The quantitative estimate of drug-likeness (QED) is 0.715. The average molecular weight is 273 g/mol. The van der Waals surface area contributed by atoms with Gasteiger partial charge in [0.2, 0.25) is 0 Å². The molecule has 0 aliphatic rings. The number of carbonyl (C=O) groups is 1. The lowest BCUT2D eigenvalue weighted by molar-refractivity contribution is -0.0882. The van der Waals surface area contributed by atoms with Crippen LogP contribution in [0.5, 0.6) is 0 Å². The maximum absolute atomic E-state index is 12.0. The fourth-order valence-electron chi connectivity index (χ4n) is 0.767. The highest BCUT2D eigenvalue weighted by molar-refractivity contribution is 9.10. The second kappa shape index (κ2) is 3.42. The fraction of sp³-hybridized carbons (Fsp3) is 0.286. The SMILES string of the molecule is Cc1cc(Br)c(C(=O)C(F)(F)F)s1. The molecule has 0 radical (unpaired) electrons. The van der Waals surface area contributed by atoms with E-state index in [0.29, 0.717) is 4.88 Å². The predicted octanol–water partition coefficient (Wildman–Crippen LogP) is 3.56. The summed E-state index contributed by atoms with van der Waals surface area (Å²) in [4.78, 5) is 11.1. The Morgan fingerprint density at radius 1 is 1.54 bits per heavy atom. The van der Waals surface area contributed by atoms with Gasteiger partial charge in [0, 0.05) is 9.35 Å². The van der Waals surface area contributed by atoms with E-state index in [9.17, 15) is 18.0 Å². The third-order valence-electron chi connectivity index (χ3n) is 1.27. The maximum atomic E-state index is 12.0. The number of Topliss-reactive ketones (excluding diaryl/α,β-unsaturated/α-hetero) is 1. The maximum Gasteiger partial charge on any atom is 0.455 e. The van der Waals surface area contributed by atoms with E-state index in [4.69, 9.17) is 0 Å². The molecule has 0 aliphatic carbocycles. The Bertz CT molecular complexity index is 342. The van der Waals surface area contributed by atoms with Gasteiger partial charge in [-0.05, 0) is 28.9 Å². The Kier molecular flexibility index (Phi) is 2.82. The fourth-order valence-corrected chi connectivity index (χ4v) is 2.55. The van der Waals surface area contributed by atoms with Crippen molar-refractivity contribution in [3.05, 3.63) is 20.3 Å². The lowest BCUT2D eigenvalue weighted by Crippen LogP contribution is -2.21. The van der Waals surface area contributed by atoms with E-state index in [0.717, 1.165) is 11.3 Å². The summed E-state index contributed by atoms with van der Waals surface area (Å²) < 4.78 is 36.1. The molecule has 72 valence electrons. The summed E-state index contributed by atoms with van der Waals surface area (Å²) in [6.45, 7) is 1.64. The van der Waals surface area contributed by atoms with E-state index in [-0.39, 0.29) is 9.35 Å². The van der Waals surface area contributed by atoms with Gasteiger partial charge in [0.25, 0.3) is 5.78 Å². The topological polar surface area (TPSA) is 17.1 Å². The second-order valence-electron chi connectivity index (χ2n) is 2.36. The van der Waals surface area contributed by atoms with Crippen LogP contribution in [0, 0.1) is 6.92 Å². The van der Waals surface area contributed by atoms with Crippen LogP contribution in [-0.4, -0.2) is 12.0 Å². The average Bonchev–Trinajstić information content (AvgIpc) is 2.26. The Morgan fingerprint density at radius 3 is 2.38 bits per heavy atom. The summed E-state index contributed by atoms with van der Waals surface area (Å²) in [6.07, 6.45) is -4.79. The van der Waals surface area contributed by atoms with E-state index < -0.39 is 12.0 Å². The molecule has 1 aromatic heterocycles. The number of aryl methyl sites for hydroxylation is 1. The highest BCUT2D eigenvalue weighted by Crippen LogP contribution is 2.32. The Morgan fingerprint density at radius 2 is 2.08 bits per heavy atom. The summed E-state index contributed by atoms with van der Waals surface area (Å²) in [5, 5.41) is 0. The molecule has 0 bridgehead atoms. The third kappa shape index (κ3) is 2.31. The van der Waals surface area contributed by atoms with Crippen LogP contribution >= 0.6 is 27.3 Å². The minimum atomic E-state index is -4.79. The summed E-state index contributed by atoms with van der Waals surface area (Å²) in [5.41, 5.74) is 0. The van der Waals surface area contributed by atoms with Gasteiger partial charge in [-0.3, -0.25) is 4.79 Å². The molecule has 0 aliphatic heterocycles. The molecular formula is C7H4BrF3OS. The summed E-state index contributed by atoms with van der Waals surface area (Å²) in [6, 6.07) is 1.49. The van der Waals surface area contributed by atoms with Crippen LogP contribution < -0.4 is 0 Å². The van der Waals surface area contributed by atoms with E-state index in [1.54, 1.807) is 6.92 Å². The Hall–Kier alpha value is -0.360. The zero-order valence-electron chi connectivity index (χ0n) is 6.41. The molecule has 1 rings (SSSR count). The standard InChI is InChI=1S/C7H4BrF3OS/c1-3-2-4(8)5(13-3)6(12)7(9,10)11/h2H,1H3. The highest BCUT2D eigenvalue weighted by atomic mass is 79.9. The Balaban J connectivity index is 3.09. The van der Waals surface area contributed by atoms with Crippen LogP contribution in [0.15, 0.2) is 10.5 Å². The van der Waals surface area contributed by atoms with Gasteiger partial charge in [0.1, 0.15) is 0 Å². The third-order valence-corrected chi connectivity index (χ3v) is 3.21. The zero-order chi connectivity index (χ0) is 10.2. The monoisotopic (exact) mass is 272 g/mol. The predicted molar refractivity (Wildman–Crippen MR) is 47.1 cm³/mol. The van der Waals surface area contributed by atoms with Crippen molar-refractivity contribution in [1.29, 1.82) is 0 Å². The number of hydrogen-bond donors (Lipinski definition) is 0. The lowest BCUT2D eigenvalue weighted by Gasteiger charge is -2.02. The molecule has 0 N–H and O–H groups in total. The van der Waals surface area contributed by atoms with Gasteiger partial charge in [-0.15, -0.1) is 11.3 Å². The van der Waals surface area contributed by atoms with E-state index in [2.05, 4.69) is 15.9 Å². The van der Waals surface area contributed by atoms with Crippen LogP contribution in [0.4, 0.5) is 13.2 Å². The molecule has 0 saturated heterocycles. The van der Waals surface area contributed by atoms with Crippen LogP contribution in [-0.2, 0) is 0 Å². The van der Waals surface area contributed by atoms with Crippen molar-refractivity contribution in [2.45, 2.75) is 13.1 Å². The van der Waals surface area contributed by atoms with Crippen molar-refractivity contribution in [2.75, 3.05) is 0 Å². The minimum Gasteiger partial charge on any atom is -0.283 e. The van der Waals surface area contributed by atoms with Crippen LogP contribution in [0.1, 0.15) is 14.5 Å². The molecule has 13 heavy (non-hydrogen) atoms. The molecule has 0 spiro atoms. The van der Waals surface area contributed by atoms with Gasteiger partial charge in [0.15, 0.2) is 0 Å². The molecule has 0 saturated carbocycles. The zero-order valence-corrected chi connectivity index (χ0v) is 8.81. The van der Waals surface area contributed by atoms with Crippen LogP contribution in [0.2, 0.25) is 0 Å². The molecule has 1 nitrogen and oxygen atoms in total. The summed E-state index contributed by atoms with van der Waals surface area (Å²) in [7, 11) is 0.